The lowest BCUT2D eigenvalue weighted by molar-refractivity contribution is 0.983. The van der Waals surface area contributed by atoms with E-state index in [1.165, 1.54) is 0 Å². The maximum Gasteiger partial charge on any atom is 0.0561 e. The molecule has 13 heavy (non-hydrogen) atoms. The van der Waals surface area contributed by atoms with Crippen LogP contribution in [0.3, 0.4) is 0 Å². The van der Waals surface area contributed by atoms with Crippen molar-refractivity contribution in [2.75, 3.05) is 5.43 Å². The van der Waals surface area contributed by atoms with Gasteiger partial charge in [-0.25, -0.2) is 0 Å². The number of nitrogens with zero attached hydrogens (tertiary/aromatic N) is 1. The van der Waals surface area contributed by atoms with E-state index in [4.69, 9.17) is 0 Å². The molecule has 0 aliphatic carbocycles. The highest BCUT2D eigenvalue weighted by atomic mass is 15.3. The van der Waals surface area contributed by atoms with E-state index in [0.717, 1.165) is 24.2 Å². The Hall–Kier alpha value is -1.31. The number of nitrogens with one attached hydrogen (secondary N) is 1. The van der Waals surface area contributed by atoms with Gasteiger partial charge in [0.25, 0.3) is 0 Å². The van der Waals surface area contributed by atoms with Crippen molar-refractivity contribution in [2.24, 2.45) is 5.10 Å². The van der Waals surface area contributed by atoms with Crippen LogP contribution in [-0.4, -0.2) is 5.71 Å². The second kappa shape index (κ2) is 5.36. The van der Waals surface area contributed by atoms with E-state index in [1.54, 1.807) is 0 Å². The predicted octanol–water partition coefficient (Wildman–Crippen LogP) is 3.27. The monoisotopic (exact) mass is 176 g/mol. The van der Waals surface area contributed by atoms with Gasteiger partial charge in [0.15, 0.2) is 0 Å². The Morgan fingerprint density at radius 2 is 2.00 bits per heavy atom. The molecule has 0 saturated heterocycles. The molecule has 70 valence electrons. The molecule has 0 unspecified atom stereocenters. The molecule has 0 fully saturated rings. The molecule has 0 spiro atoms. The summed E-state index contributed by atoms with van der Waals surface area (Å²) in [5, 5.41) is 4.25. The average Bonchev–Trinajstić information content (AvgIpc) is 2.17. The summed E-state index contributed by atoms with van der Waals surface area (Å²) >= 11 is 0. The van der Waals surface area contributed by atoms with E-state index in [-0.39, 0.29) is 0 Å². The minimum Gasteiger partial charge on any atom is -0.279 e. The Bertz CT molecular complexity index is 265. The summed E-state index contributed by atoms with van der Waals surface area (Å²) < 4.78 is 0. The smallest absolute Gasteiger partial charge is 0.0561 e. The molecule has 1 N–H and O–H groups in total. The number of anilines is 1. The highest BCUT2D eigenvalue weighted by Crippen LogP contribution is 2.04. The first-order chi connectivity index (χ1) is 6.33. The Balaban J connectivity index is 2.47. The third-order valence-electron chi connectivity index (χ3n) is 1.76. The van der Waals surface area contributed by atoms with Crippen molar-refractivity contribution in [3.05, 3.63) is 30.3 Å². The van der Waals surface area contributed by atoms with E-state index >= 15 is 0 Å². The number of benzene rings is 1. The normalized spacial score (nSPS) is 11.4. The van der Waals surface area contributed by atoms with E-state index in [0.29, 0.717) is 0 Å². The van der Waals surface area contributed by atoms with Crippen LogP contribution in [0.25, 0.3) is 0 Å². The lowest BCUT2D eigenvalue weighted by atomic mass is 10.2. The summed E-state index contributed by atoms with van der Waals surface area (Å²) in [6, 6.07) is 9.99. The average molecular weight is 176 g/mol. The van der Waals surface area contributed by atoms with Crippen LogP contribution in [0, 0.1) is 0 Å². The molecule has 2 heteroatoms. The zero-order valence-electron chi connectivity index (χ0n) is 8.25. The van der Waals surface area contributed by atoms with Crippen LogP contribution in [0.4, 0.5) is 5.69 Å². The summed E-state index contributed by atoms with van der Waals surface area (Å²) in [5.41, 5.74) is 5.20. The van der Waals surface area contributed by atoms with Crippen molar-refractivity contribution < 1.29 is 0 Å². The second-order valence-corrected chi connectivity index (χ2v) is 3.07. The summed E-state index contributed by atoms with van der Waals surface area (Å²) in [6.45, 7) is 4.20. The molecular formula is C11H16N2. The van der Waals surface area contributed by atoms with Gasteiger partial charge >= 0.3 is 0 Å². The van der Waals surface area contributed by atoms with Crippen LogP contribution in [-0.2, 0) is 0 Å². The zero-order chi connectivity index (χ0) is 9.52. The molecule has 1 aromatic carbocycles. The number of hydrazone groups is 1. The zero-order valence-corrected chi connectivity index (χ0v) is 8.25. The maximum absolute atomic E-state index is 4.25. The van der Waals surface area contributed by atoms with Crippen LogP contribution in [0.1, 0.15) is 26.7 Å². The lowest BCUT2D eigenvalue weighted by Crippen LogP contribution is -1.96. The Morgan fingerprint density at radius 3 is 2.62 bits per heavy atom. The number of rotatable bonds is 4. The summed E-state index contributed by atoms with van der Waals surface area (Å²) in [4.78, 5) is 0. The molecule has 1 aromatic rings. The molecule has 0 heterocycles. The molecule has 0 radical (unpaired) electrons. The first kappa shape index (κ1) is 9.78. The Morgan fingerprint density at radius 1 is 1.31 bits per heavy atom. The molecule has 0 aliphatic rings. The number of hydrogen-bond acceptors (Lipinski definition) is 2. The fourth-order valence-electron chi connectivity index (χ4n) is 1.09. The SMILES string of the molecule is CCCC(C)=NNc1ccccc1. The molecule has 0 atom stereocenters. The van der Waals surface area contributed by atoms with Gasteiger partial charge in [-0.15, -0.1) is 0 Å². The van der Waals surface area contributed by atoms with E-state index < -0.39 is 0 Å². The first-order valence-electron chi connectivity index (χ1n) is 4.67. The molecule has 0 saturated carbocycles. The van der Waals surface area contributed by atoms with E-state index in [2.05, 4.69) is 17.5 Å². The van der Waals surface area contributed by atoms with Gasteiger partial charge in [0.1, 0.15) is 0 Å². The third kappa shape index (κ3) is 3.74. The minimum absolute atomic E-state index is 1.04. The first-order valence-corrected chi connectivity index (χ1v) is 4.67. The van der Waals surface area contributed by atoms with Crippen molar-refractivity contribution >= 4 is 11.4 Å². The lowest BCUT2D eigenvalue weighted by Gasteiger charge is -2.01. The van der Waals surface area contributed by atoms with Gasteiger partial charge in [0, 0.05) is 5.71 Å². The highest BCUT2D eigenvalue weighted by molar-refractivity contribution is 5.82. The summed E-state index contributed by atoms with van der Waals surface area (Å²) in [7, 11) is 0. The van der Waals surface area contributed by atoms with Gasteiger partial charge in [0.2, 0.25) is 0 Å². The van der Waals surface area contributed by atoms with E-state index in [1.807, 2.05) is 37.3 Å². The quantitative estimate of drug-likeness (QED) is 0.552. The Kier molecular flexibility index (Phi) is 4.03. The molecule has 0 amide bonds. The van der Waals surface area contributed by atoms with E-state index in [9.17, 15) is 0 Å². The fraction of sp³-hybridized carbons (Fsp3) is 0.364. The molecule has 2 nitrogen and oxygen atoms in total. The third-order valence-corrected chi connectivity index (χ3v) is 1.76. The standard InChI is InChI=1S/C11H16N2/c1-3-7-10(2)12-13-11-8-5-4-6-9-11/h4-6,8-9,13H,3,7H2,1-2H3. The van der Waals surface area contributed by atoms with Gasteiger partial charge in [-0.05, 0) is 25.5 Å². The van der Waals surface area contributed by atoms with Gasteiger partial charge in [-0.2, -0.15) is 5.10 Å². The van der Waals surface area contributed by atoms with Crippen LogP contribution < -0.4 is 5.43 Å². The van der Waals surface area contributed by atoms with Crippen LogP contribution in [0.15, 0.2) is 35.4 Å². The topological polar surface area (TPSA) is 24.4 Å². The predicted molar refractivity (Wildman–Crippen MR) is 58.1 cm³/mol. The van der Waals surface area contributed by atoms with Crippen LogP contribution in [0.5, 0.6) is 0 Å². The van der Waals surface area contributed by atoms with Crippen molar-refractivity contribution in [3.8, 4) is 0 Å². The molecule has 1 rings (SSSR count). The minimum atomic E-state index is 1.04. The summed E-state index contributed by atoms with van der Waals surface area (Å²) in [6.07, 6.45) is 2.20. The molecule has 0 aliphatic heterocycles. The van der Waals surface area contributed by atoms with Crippen molar-refractivity contribution in [2.45, 2.75) is 26.7 Å². The van der Waals surface area contributed by atoms with Crippen LogP contribution in [0.2, 0.25) is 0 Å². The fourth-order valence-corrected chi connectivity index (χ4v) is 1.09. The number of hydrogen-bond donors (Lipinski definition) is 1. The second-order valence-electron chi connectivity index (χ2n) is 3.07. The van der Waals surface area contributed by atoms with Crippen molar-refractivity contribution in [1.82, 2.24) is 0 Å². The van der Waals surface area contributed by atoms with Crippen molar-refractivity contribution in [1.29, 1.82) is 0 Å². The van der Waals surface area contributed by atoms with Gasteiger partial charge in [-0.3, -0.25) is 5.43 Å². The Labute approximate surface area is 79.7 Å². The van der Waals surface area contributed by atoms with Crippen LogP contribution >= 0.6 is 0 Å². The number of para-hydroxylation sites is 1. The summed E-state index contributed by atoms with van der Waals surface area (Å²) in [5.74, 6) is 0. The molecular weight excluding hydrogens is 160 g/mol. The largest absolute Gasteiger partial charge is 0.279 e. The highest BCUT2D eigenvalue weighted by Gasteiger charge is 1.89. The maximum atomic E-state index is 4.25. The van der Waals surface area contributed by atoms with Crippen molar-refractivity contribution in [3.63, 3.8) is 0 Å². The molecule has 0 bridgehead atoms. The van der Waals surface area contributed by atoms with Gasteiger partial charge in [0.05, 0.1) is 5.69 Å². The van der Waals surface area contributed by atoms with Gasteiger partial charge in [-0.1, -0.05) is 31.5 Å². The molecule has 0 aromatic heterocycles. The van der Waals surface area contributed by atoms with Gasteiger partial charge < -0.3 is 0 Å².